The molecule has 0 aliphatic heterocycles. The van der Waals surface area contributed by atoms with Crippen LogP contribution in [-0.2, 0) is 6.61 Å². The molecule has 0 radical (unpaired) electrons. The highest BCUT2D eigenvalue weighted by molar-refractivity contribution is 6.30. The van der Waals surface area contributed by atoms with Gasteiger partial charge >= 0.3 is 0 Å². The molecule has 0 saturated heterocycles. The number of para-hydroxylation sites is 1. The number of hydrogen-bond donors (Lipinski definition) is 2. The summed E-state index contributed by atoms with van der Waals surface area (Å²) >= 11 is 5.98. The van der Waals surface area contributed by atoms with Crippen molar-refractivity contribution in [3.8, 4) is 5.75 Å². The van der Waals surface area contributed by atoms with Crippen LogP contribution < -0.4 is 15.7 Å². The zero-order chi connectivity index (χ0) is 18.4. The first-order chi connectivity index (χ1) is 12.6. The van der Waals surface area contributed by atoms with Crippen molar-refractivity contribution in [1.82, 2.24) is 15.2 Å². The highest BCUT2D eigenvalue weighted by Gasteiger charge is 2.03. The Morgan fingerprint density at radius 1 is 1.23 bits per heavy atom. The lowest BCUT2D eigenvalue weighted by Crippen LogP contribution is -2.15. The average Bonchev–Trinajstić information content (AvgIpc) is 2.64. The molecule has 2 N–H and O–H groups in total. The molecule has 3 rings (SSSR count). The Hall–Kier alpha value is -3.19. The van der Waals surface area contributed by atoms with E-state index in [1.807, 2.05) is 48.5 Å². The molecule has 132 valence electrons. The average molecular weight is 370 g/mol. The molecular formula is C18H16ClN5O2. The number of ether oxygens (including phenoxy) is 1. The van der Waals surface area contributed by atoms with Gasteiger partial charge in [0.2, 0.25) is 5.95 Å². The second kappa shape index (κ2) is 8.26. The van der Waals surface area contributed by atoms with Crippen molar-refractivity contribution in [1.29, 1.82) is 0 Å². The maximum atomic E-state index is 11.5. The normalized spacial score (nSPS) is 10.8. The number of aryl methyl sites for hydroxylation is 1. The van der Waals surface area contributed by atoms with Crippen molar-refractivity contribution in [2.24, 2.45) is 5.10 Å². The molecule has 0 fully saturated rings. The van der Waals surface area contributed by atoms with Crippen LogP contribution >= 0.6 is 11.6 Å². The number of aromatic amines is 1. The zero-order valence-corrected chi connectivity index (χ0v) is 14.7. The number of nitrogens with zero attached hydrogens (tertiary/aromatic N) is 3. The molecule has 0 aliphatic carbocycles. The predicted octanol–water partition coefficient (Wildman–Crippen LogP) is 3.15. The highest BCUT2D eigenvalue weighted by Crippen LogP contribution is 2.19. The second-order valence-corrected chi connectivity index (χ2v) is 5.85. The van der Waals surface area contributed by atoms with Crippen LogP contribution in [-0.4, -0.2) is 21.4 Å². The van der Waals surface area contributed by atoms with Gasteiger partial charge in [-0.05, 0) is 36.8 Å². The van der Waals surface area contributed by atoms with E-state index in [-0.39, 0.29) is 11.5 Å². The van der Waals surface area contributed by atoms with E-state index in [4.69, 9.17) is 16.3 Å². The van der Waals surface area contributed by atoms with Crippen molar-refractivity contribution in [2.75, 3.05) is 5.43 Å². The Bertz CT molecular complexity index is 987. The summed E-state index contributed by atoms with van der Waals surface area (Å²) in [5, 5.41) is 12.3. The SMILES string of the molecule is Cc1nnc(N/N=C/c2ccccc2OCc2cccc(Cl)c2)[nH]c1=O. The van der Waals surface area contributed by atoms with Gasteiger partial charge in [-0.1, -0.05) is 35.9 Å². The fraction of sp³-hybridized carbons (Fsp3) is 0.111. The van der Waals surface area contributed by atoms with E-state index < -0.39 is 0 Å². The quantitative estimate of drug-likeness (QED) is 0.514. The number of hydrogen-bond acceptors (Lipinski definition) is 6. The van der Waals surface area contributed by atoms with Gasteiger partial charge in [0, 0.05) is 10.6 Å². The van der Waals surface area contributed by atoms with E-state index in [2.05, 4.69) is 25.7 Å². The van der Waals surface area contributed by atoms with Crippen LogP contribution in [0.3, 0.4) is 0 Å². The number of benzene rings is 2. The molecule has 1 heterocycles. The summed E-state index contributed by atoms with van der Waals surface area (Å²) in [5.41, 5.74) is 4.35. The van der Waals surface area contributed by atoms with Crippen LogP contribution in [0.25, 0.3) is 0 Å². The summed E-state index contributed by atoms with van der Waals surface area (Å²) in [4.78, 5) is 14.0. The molecule has 0 aliphatic rings. The van der Waals surface area contributed by atoms with Crippen LogP contribution in [0, 0.1) is 6.92 Å². The number of aromatic nitrogens is 3. The van der Waals surface area contributed by atoms with Gasteiger partial charge in [0.25, 0.3) is 5.56 Å². The van der Waals surface area contributed by atoms with E-state index in [9.17, 15) is 4.79 Å². The number of H-pyrrole nitrogens is 1. The topological polar surface area (TPSA) is 92.3 Å². The fourth-order valence-electron chi connectivity index (χ4n) is 2.11. The third kappa shape index (κ3) is 4.67. The van der Waals surface area contributed by atoms with Gasteiger partial charge in [-0.15, -0.1) is 10.2 Å². The number of anilines is 1. The van der Waals surface area contributed by atoms with Gasteiger partial charge < -0.3 is 4.74 Å². The summed E-state index contributed by atoms with van der Waals surface area (Å²) < 4.78 is 5.85. The second-order valence-electron chi connectivity index (χ2n) is 5.41. The number of rotatable bonds is 6. The lowest BCUT2D eigenvalue weighted by Gasteiger charge is -2.09. The van der Waals surface area contributed by atoms with Gasteiger partial charge in [0.05, 0.1) is 6.21 Å². The van der Waals surface area contributed by atoms with Crippen molar-refractivity contribution in [3.05, 3.63) is 80.7 Å². The van der Waals surface area contributed by atoms with Gasteiger partial charge in [-0.25, -0.2) is 5.43 Å². The lowest BCUT2D eigenvalue weighted by molar-refractivity contribution is 0.306. The van der Waals surface area contributed by atoms with Crippen LogP contribution in [0.15, 0.2) is 58.4 Å². The summed E-state index contributed by atoms with van der Waals surface area (Å²) in [6.45, 7) is 1.96. The fourth-order valence-corrected chi connectivity index (χ4v) is 2.33. The Labute approximate surface area is 154 Å². The molecule has 0 unspecified atom stereocenters. The van der Waals surface area contributed by atoms with Gasteiger partial charge in [-0.2, -0.15) is 5.10 Å². The van der Waals surface area contributed by atoms with Crippen LogP contribution in [0.5, 0.6) is 5.75 Å². The van der Waals surface area contributed by atoms with Crippen LogP contribution in [0.4, 0.5) is 5.95 Å². The molecule has 0 bridgehead atoms. The van der Waals surface area contributed by atoms with Gasteiger partial charge in [0.1, 0.15) is 18.1 Å². The van der Waals surface area contributed by atoms with E-state index in [0.717, 1.165) is 11.1 Å². The van der Waals surface area contributed by atoms with E-state index in [1.54, 1.807) is 13.1 Å². The van der Waals surface area contributed by atoms with E-state index in [1.165, 1.54) is 0 Å². The van der Waals surface area contributed by atoms with Gasteiger partial charge in [-0.3, -0.25) is 9.78 Å². The van der Waals surface area contributed by atoms with Gasteiger partial charge in [0.15, 0.2) is 0 Å². The Morgan fingerprint density at radius 2 is 2.08 bits per heavy atom. The number of hydrazone groups is 1. The van der Waals surface area contributed by atoms with Crippen LogP contribution in [0.1, 0.15) is 16.8 Å². The smallest absolute Gasteiger partial charge is 0.274 e. The highest BCUT2D eigenvalue weighted by atomic mass is 35.5. The lowest BCUT2D eigenvalue weighted by atomic mass is 10.2. The van der Waals surface area contributed by atoms with Crippen molar-refractivity contribution in [3.63, 3.8) is 0 Å². The molecule has 1 aromatic heterocycles. The molecule has 0 atom stereocenters. The molecule has 8 heteroatoms. The molecule has 7 nitrogen and oxygen atoms in total. The summed E-state index contributed by atoms with van der Waals surface area (Å²) in [7, 11) is 0. The Balaban J connectivity index is 1.68. The van der Waals surface area contributed by atoms with Crippen molar-refractivity contribution in [2.45, 2.75) is 13.5 Å². The first-order valence-corrected chi connectivity index (χ1v) is 8.18. The molecular weight excluding hydrogens is 354 g/mol. The number of nitrogens with one attached hydrogen (secondary N) is 2. The van der Waals surface area contributed by atoms with Crippen LogP contribution in [0.2, 0.25) is 5.02 Å². The third-order valence-electron chi connectivity index (χ3n) is 3.44. The maximum absolute atomic E-state index is 11.5. The monoisotopic (exact) mass is 369 g/mol. The number of halogens is 1. The Morgan fingerprint density at radius 3 is 2.88 bits per heavy atom. The molecule has 2 aromatic carbocycles. The molecule has 0 spiro atoms. The predicted molar refractivity (Wildman–Crippen MR) is 101 cm³/mol. The van der Waals surface area contributed by atoms with Crippen molar-refractivity contribution < 1.29 is 4.74 Å². The molecule has 0 saturated carbocycles. The molecule has 0 amide bonds. The summed E-state index contributed by atoms with van der Waals surface area (Å²) in [5.74, 6) is 0.829. The molecule has 26 heavy (non-hydrogen) atoms. The standard InChI is InChI=1S/C18H16ClN5O2/c1-12-17(25)21-18(24-22-12)23-20-10-14-6-2-3-8-16(14)26-11-13-5-4-7-15(19)9-13/h2-10H,11H2,1H3,(H2,21,23,24,25)/b20-10+. The summed E-state index contributed by atoms with van der Waals surface area (Å²) in [6, 6.07) is 14.9. The minimum absolute atomic E-state index is 0.161. The maximum Gasteiger partial charge on any atom is 0.274 e. The first-order valence-electron chi connectivity index (χ1n) is 7.81. The summed E-state index contributed by atoms with van der Waals surface area (Å²) in [6.07, 6.45) is 1.58. The largest absolute Gasteiger partial charge is 0.488 e. The van der Waals surface area contributed by atoms with Crippen molar-refractivity contribution >= 4 is 23.8 Å². The Kier molecular flexibility index (Phi) is 5.60. The minimum Gasteiger partial charge on any atom is -0.488 e. The van der Waals surface area contributed by atoms with E-state index >= 15 is 0 Å². The minimum atomic E-state index is -0.317. The van der Waals surface area contributed by atoms with E-state index in [0.29, 0.717) is 23.1 Å². The first kappa shape index (κ1) is 17.6. The third-order valence-corrected chi connectivity index (χ3v) is 3.67. The zero-order valence-electron chi connectivity index (χ0n) is 13.9. The molecule has 3 aromatic rings.